The van der Waals surface area contributed by atoms with Crippen LogP contribution < -0.4 is 0 Å². The largest absolute Gasteiger partial charge is 0.343 e. The number of halogens is 1. The number of aryl methyl sites for hydroxylation is 1. The zero-order valence-electron chi connectivity index (χ0n) is 15.2. The van der Waals surface area contributed by atoms with Gasteiger partial charge in [0.25, 0.3) is 0 Å². The van der Waals surface area contributed by atoms with Crippen LogP contribution in [0.15, 0.2) is 24.3 Å². The number of amides is 1. The first-order chi connectivity index (χ1) is 12.5. The Morgan fingerprint density at radius 1 is 1.31 bits per heavy atom. The number of H-pyrrole nitrogens is 1. The molecule has 1 saturated heterocycles. The predicted molar refractivity (Wildman–Crippen MR) is 101 cm³/mol. The van der Waals surface area contributed by atoms with E-state index in [2.05, 4.69) is 28.6 Å². The Balaban J connectivity index is 1.54. The number of hydrogen-bond acceptors (Lipinski definition) is 3. The number of hydrogen-bond donors (Lipinski definition) is 1. The van der Waals surface area contributed by atoms with Crippen LogP contribution in [0.25, 0.3) is 0 Å². The molecule has 3 rings (SSSR count). The molecule has 2 aromatic rings. The Kier molecular flexibility index (Phi) is 5.86. The second-order valence-electron chi connectivity index (χ2n) is 7.13. The topological polar surface area (TPSA) is 53.9 Å². The second-order valence-corrected chi connectivity index (χ2v) is 7.52. The zero-order valence-corrected chi connectivity index (χ0v) is 16.1. The fraction of sp³-hybridized carbons (Fsp3) is 0.526. The van der Waals surface area contributed by atoms with E-state index in [4.69, 9.17) is 12.2 Å². The van der Waals surface area contributed by atoms with Crippen molar-refractivity contribution in [2.45, 2.75) is 51.5 Å². The molecule has 1 aromatic heterocycles. The molecule has 1 N–H and O–H groups in total. The molecular weight excluding hydrogens is 351 g/mol. The van der Waals surface area contributed by atoms with Crippen molar-refractivity contribution in [3.8, 4) is 0 Å². The number of carbonyl (C=O) groups is 1. The van der Waals surface area contributed by atoms with Crippen molar-refractivity contribution in [1.82, 2.24) is 19.7 Å². The molecule has 1 aliphatic heterocycles. The molecule has 0 saturated carbocycles. The monoisotopic (exact) mass is 376 g/mol. The standard InChI is InChI=1S/C19H25FN4OS/c1-13(2)24-18(21-22-19(24)26)15-9-11-23(12-10-15)17(25)8-5-14-3-6-16(20)7-4-14/h3-4,6-7,13,15H,5,8-12H2,1-2H3,(H,22,26). The van der Waals surface area contributed by atoms with Crippen LogP contribution in [-0.4, -0.2) is 38.7 Å². The van der Waals surface area contributed by atoms with Crippen molar-refractivity contribution in [2.24, 2.45) is 0 Å². The molecule has 1 amide bonds. The third-order valence-electron chi connectivity index (χ3n) is 5.00. The molecule has 7 heteroatoms. The number of carbonyl (C=O) groups excluding carboxylic acids is 1. The van der Waals surface area contributed by atoms with Gasteiger partial charge in [0.15, 0.2) is 4.77 Å². The third-order valence-corrected chi connectivity index (χ3v) is 5.29. The van der Waals surface area contributed by atoms with Gasteiger partial charge >= 0.3 is 0 Å². The molecule has 0 spiro atoms. The molecule has 0 unspecified atom stereocenters. The van der Waals surface area contributed by atoms with Crippen molar-refractivity contribution in [3.63, 3.8) is 0 Å². The van der Waals surface area contributed by atoms with Gasteiger partial charge in [-0.05, 0) is 63.0 Å². The number of nitrogens with one attached hydrogen (secondary N) is 1. The summed E-state index contributed by atoms with van der Waals surface area (Å²) in [5.41, 5.74) is 0.988. The van der Waals surface area contributed by atoms with Crippen LogP contribution >= 0.6 is 12.2 Å². The number of benzene rings is 1. The summed E-state index contributed by atoms with van der Waals surface area (Å²) in [5, 5.41) is 7.33. The van der Waals surface area contributed by atoms with Crippen LogP contribution in [0.5, 0.6) is 0 Å². The summed E-state index contributed by atoms with van der Waals surface area (Å²) < 4.78 is 15.7. The first-order valence-corrected chi connectivity index (χ1v) is 9.55. The van der Waals surface area contributed by atoms with Gasteiger partial charge in [0.05, 0.1) is 0 Å². The number of piperidine rings is 1. The fourth-order valence-corrected chi connectivity index (χ4v) is 3.90. The first-order valence-electron chi connectivity index (χ1n) is 9.14. The van der Waals surface area contributed by atoms with Gasteiger partial charge in [-0.2, -0.15) is 5.10 Å². The minimum atomic E-state index is -0.249. The van der Waals surface area contributed by atoms with Gasteiger partial charge in [0.2, 0.25) is 5.91 Å². The highest BCUT2D eigenvalue weighted by atomic mass is 32.1. The molecule has 0 bridgehead atoms. The van der Waals surface area contributed by atoms with Gasteiger partial charge in [-0.15, -0.1) is 0 Å². The van der Waals surface area contributed by atoms with E-state index in [1.54, 1.807) is 12.1 Å². The van der Waals surface area contributed by atoms with Crippen molar-refractivity contribution in [2.75, 3.05) is 13.1 Å². The van der Waals surface area contributed by atoms with Gasteiger partial charge in [0, 0.05) is 31.5 Å². The van der Waals surface area contributed by atoms with Crippen LogP contribution in [0.1, 0.15) is 56.5 Å². The lowest BCUT2D eigenvalue weighted by Crippen LogP contribution is -2.38. The van der Waals surface area contributed by atoms with Gasteiger partial charge < -0.3 is 9.47 Å². The molecule has 0 atom stereocenters. The summed E-state index contributed by atoms with van der Waals surface area (Å²) in [6.45, 7) is 5.68. The van der Waals surface area contributed by atoms with Gasteiger partial charge in [0.1, 0.15) is 11.6 Å². The van der Waals surface area contributed by atoms with E-state index in [1.165, 1.54) is 12.1 Å². The van der Waals surface area contributed by atoms with Gasteiger partial charge in [-0.3, -0.25) is 9.89 Å². The number of rotatable bonds is 5. The lowest BCUT2D eigenvalue weighted by Gasteiger charge is -2.32. The fourth-order valence-electron chi connectivity index (χ4n) is 3.55. The van der Waals surface area contributed by atoms with Crippen molar-refractivity contribution in [3.05, 3.63) is 46.2 Å². The summed E-state index contributed by atoms with van der Waals surface area (Å²) in [4.78, 5) is 14.4. The lowest BCUT2D eigenvalue weighted by atomic mass is 9.95. The van der Waals surface area contributed by atoms with Crippen LogP contribution in [0, 0.1) is 10.6 Å². The highest BCUT2D eigenvalue weighted by Gasteiger charge is 2.27. The summed E-state index contributed by atoms with van der Waals surface area (Å²) >= 11 is 5.33. The smallest absolute Gasteiger partial charge is 0.222 e. The second kappa shape index (κ2) is 8.12. The molecule has 1 fully saturated rings. The van der Waals surface area contributed by atoms with Crippen LogP contribution in [-0.2, 0) is 11.2 Å². The Morgan fingerprint density at radius 2 is 1.96 bits per heavy atom. The molecule has 0 aliphatic carbocycles. The maximum Gasteiger partial charge on any atom is 0.222 e. The maximum atomic E-state index is 12.9. The minimum Gasteiger partial charge on any atom is -0.343 e. The highest BCUT2D eigenvalue weighted by molar-refractivity contribution is 7.71. The Hall–Kier alpha value is -2.02. The molecule has 2 heterocycles. The van der Waals surface area contributed by atoms with Crippen LogP contribution in [0.4, 0.5) is 4.39 Å². The highest BCUT2D eigenvalue weighted by Crippen LogP contribution is 2.28. The SMILES string of the molecule is CC(C)n1c(C2CCN(C(=O)CCc3ccc(F)cc3)CC2)n[nH]c1=S. The van der Waals surface area contributed by atoms with E-state index >= 15 is 0 Å². The molecule has 140 valence electrons. The van der Waals surface area contributed by atoms with Crippen molar-refractivity contribution < 1.29 is 9.18 Å². The Bertz CT molecular complexity index is 804. The average molecular weight is 377 g/mol. The molecule has 0 radical (unpaired) electrons. The predicted octanol–water partition coefficient (Wildman–Crippen LogP) is 4.00. The van der Waals surface area contributed by atoms with Gasteiger partial charge in [-0.1, -0.05) is 12.1 Å². The quantitative estimate of drug-likeness (QED) is 0.803. The van der Waals surface area contributed by atoms with Crippen LogP contribution in [0.3, 0.4) is 0 Å². The zero-order chi connectivity index (χ0) is 18.7. The van der Waals surface area contributed by atoms with E-state index in [-0.39, 0.29) is 17.8 Å². The summed E-state index contributed by atoms with van der Waals surface area (Å²) in [6.07, 6.45) is 2.90. The summed E-state index contributed by atoms with van der Waals surface area (Å²) in [5.74, 6) is 1.24. The Morgan fingerprint density at radius 3 is 2.58 bits per heavy atom. The number of aromatic nitrogens is 3. The third kappa shape index (κ3) is 4.20. The van der Waals surface area contributed by atoms with E-state index in [0.717, 1.165) is 37.3 Å². The molecule has 1 aromatic carbocycles. The Labute approximate surface area is 158 Å². The van der Waals surface area contributed by atoms with Gasteiger partial charge in [-0.25, -0.2) is 4.39 Å². The first kappa shape index (κ1) is 18.8. The summed E-state index contributed by atoms with van der Waals surface area (Å²) in [7, 11) is 0. The average Bonchev–Trinajstić information content (AvgIpc) is 3.03. The normalized spacial score (nSPS) is 15.6. The number of nitrogens with zero attached hydrogens (tertiary/aromatic N) is 3. The molecular formula is C19H25FN4OS. The lowest BCUT2D eigenvalue weighted by molar-refractivity contribution is -0.132. The maximum absolute atomic E-state index is 12.9. The van der Waals surface area contributed by atoms with E-state index in [9.17, 15) is 9.18 Å². The van der Waals surface area contributed by atoms with E-state index in [1.807, 2.05) is 4.90 Å². The number of aromatic amines is 1. The molecule has 1 aliphatic rings. The van der Waals surface area contributed by atoms with E-state index < -0.39 is 0 Å². The summed E-state index contributed by atoms with van der Waals surface area (Å²) in [6, 6.07) is 6.62. The molecule has 26 heavy (non-hydrogen) atoms. The van der Waals surface area contributed by atoms with Crippen LogP contribution in [0.2, 0.25) is 0 Å². The van der Waals surface area contributed by atoms with Crippen molar-refractivity contribution in [1.29, 1.82) is 0 Å². The van der Waals surface area contributed by atoms with E-state index in [0.29, 0.717) is 23.5 Å². The number of likely N-dealkylation sites (tertiary alicyclic amines) is 1. The minimum absolute atomic E-state index is 0.162. The molecule has 5 nitrogen and oxygen atoms in total. The van der Waals surface area contributed by atoms with Crippen molar-refractivity contribution >= 4 is 18.1 Å².